The van der Waals surface area contributed by atoms with Crippen molar-refractivity contribution >= 4 is 0 Å². The summed E-state index contributed by atoms with van der Waals surface area (Å²) in [4.78, 5) is 0. The number of nitrogens with one attached hydrogen (secondary N) is 1. The molecule has 0 aromatic heterocycles. The van der Waals surface area contributed by atoms with E-state index in [4.69, 9.17) is 0 Å². The van der Waals surface area contributed by atoms with Crippen LogP contribution in [0.2, 0.25) is 0 Å². The zero-order chi connectivity index (χ0) is 12.8. The van der Waals surface area contributed by atoms with Gasteiger partial charge in [-0.2, -0.15) is 0 Å². The maximum Gasteiger partial charge on any atom is 0.0210 e. The van der Waals surface area contributed by atoms with Crippen molar-refractivity contribution in [1.29, 1.82) is 0 Å². The number of rotatable bonds is 4. The van der Waals surface area contributed by atoms with Crippen molar-refractivity contribution < 1.29 is 0 Å². The average Bonchev–Trinajstić information content (AvgIpc) is 2.66. The molecule has 1 heteroatoms. The fourth-order valence-electron chi connectivity index (χ4n) is 3.06. The fraction of sp³-hybridized carbons (Fsp3) is 0.647. The van der Waals surface area contributed by atoms with Crippen LogP contribution >= 0.6 is 0 Å². The highest BCUT2D eigenvalue weighted by atomic mass is 14.9. The standard InChI is InChI=1S/C17H27N/c1-14-9-7-8-12-17(14)13-18-15(2)16-10-5-3-4-6-11-16/h7-9,12,15-16,18H,3-6,10-11,13H2,1-2H3/t15-/m1/s1. The summed E-state index contributed by atoms with van der Waals surface area (Å²) in [6.45, 7) is 5.59. The zero-order valence-corrected chi connectivity index (χ0v) is 11.9. The van der Waals surface area contributed by atoms with Crippen LogP contribution in [0.5, 0.6) is 0 Å². The largest absolute Gasteiger partial charge is 0.310 e. The van der Waals surface area contributed by atoms with Gasteiger partial charge in [0, 0.05) is 12.6 Å². The molecule has 0 heterocycles. The van der Waals surface area contributed by atoms with Gasteiger partial charge in [-0.3, -0.25) is 0 Å². The summed E-state index contributed by atoms with van der Waals surface area (Å²) in [5.41, 5.74) is 2.84. The predicted molar refractivity (Wildman–Crippen MR) is 78.7 cm³/mol. The second-order valence-electron chi connectivity index (χ2n) is 5.85. The highest BCUT2D eigenvalue weighted by Crippen LogP contribution is 2.25. The second-order valence-corrected chi connectivity index (χ2v) is 5.85. The van der Waals surface area contributed by atoms with Crippen LogP contribution in [0.4, 0.5) is 0 Å². The third kappa shape index (κ3) is 3.84. The average molecular weight is 245 g/mol. The summed E-state index contributed by atoms with van der Waals surface area (Å²) >= 11 is 0. The molecule has 1 nitrogen and oxygen atoms in total. The first-order valence-electron chi connectivity index (χ1n) is 7.55. The first kappa shape index (κ1) is 13.6. The summed E-state index contributed by atoms with van der Waals surface area (Å²) in [5.74, 6) is 0.886. The van der Waals surface area contributed by atoms with Gasteiger partial charge in [0.15, 0.2) is 0 Å². The molecular formula is C17H27N. The molecule has 100 valence electrons. The van der Waals surface area contributed by atoms with Crippen molar-refractivity contribution in [1.82, 2.24) is 5.32 Å². The Hall–Kier alpha value is -0.820. The van der Waals surface area contributed by atoms with Crippen molar-refractivity contribution in [3.63, 3.8) is 0 Å². The molecular weight excluding hydrogens is 218 g/mol. The molecule has 0 bridgehead atoms. The van der Waals surface area contributed by atoms with Crippen molar-refractivity contribution in [2.24, 2.45) is 5.92 Å². The summed E-state index contributed by atoms with van der Waals surface area (Å²) in [7, 11) is 0. The monoisotopic (exact) mass is 245 g/mol. The van der Waals surface area contributed by atoms with Crippen LogP contribution in [0, 0.1) is 12.8 Å². The molecule has 2 rings (SSSR count). The maximum atomic E-state index is 3.74. The van der Waals surface area contributed by atoms with E-state index < -0.39 is 0 Å². The number of hydrogen-bond donors (Lipinski definition) is 1. The first-order chi connectivity index (χ1) is 8.77. The number of benzene rings is 1. The normalized spacial score (nSPS) is 19.4. The predicted octanol–water partition coefficient (Wildman–Crippen LogP) is 4.44. The van der Waals surface area contributed by atoms with Gasteiger partial charge in [-0.1, -0.05) is 49.9 Å². The minimum Gasteiger partial charge on any atom is -0.310 e. The maximum absolute atomic E-state index is 3.74. The van der Waals surface area contributed by atoms with Crippen molar-refractivity contribution in [3.05, 3.63) is 35.4 Å². The smallest absolute Gasteiger partial charge is 0.0210 e. The van der Waals surface area contributed by atoms with E-state index >= 15 is 0 Å². The Morgan fingerprint density at radius 2 is 1.78 bits per heavy atom. The van der Waals surface area contributed by atoms with E-state index in [1.165, 1.54) is 49.7 Å². The van der Waals surface area contributed by atoms with E-state index in [1.54, 1.807) is 0 Å². The molecule has 0 radical (unpaired) electrons. The molecule has 0 spiro atoms. The van der Waals surface area contributed by atoms with Gasteiger partial charge in [0.05, 0.1) is 0 Å². The van der Waals surface area contributed by atoms with Gasteiger partial charge in [-0.15, -0.1) is 0 Å². The molecule has 1 fully saturated rings. The lowest BCUT2D eigenvalue weighted by Gasteiger charge is -2.24. The van der Waals surface area contributed by atoms with Gasteiger partial charge in [0.25, 0.3) is 0 Å². The van der Waals surface area contributed by atoms with Gasteiger partial charge < -0.3 is 5.32 Å². The Morgan fingerprint density at radius 1 is 1.11 bits per heavy atom. The molecule has 1 aliphatic carbocycles. The molecule has 18 heavy (non-hydrogen) atoms. The molecule has 1 saturated carbocycles. The van der Waals surface area contributed by atoms with E-state index in [-0.39, 0.29) is 0 Å². The van der Waals surface area contributed by atoms with E-state index in [0.29, 0.717) is 6.04 Å². The molecule has 1 N–H and O–H groups in total. The Balaban J connectivity index is 1.83. The molecule has 1 aromatic carbocycles. The van der Waals surface area contributed by atoms with Crippen molar-refractivity contribution in [2.45, 2.75) is 65.0 Å². The SMILES string of the molecule is Cc1ccccc1CN[C@H](C)C1CCCCCC1. The van der Waals surface area contributed by atoms with Gasteiger partial charge in [0.2, 0.25) is 0 Å². The minimum atomic E-state index is 0.655. The highest BCUT2D eigenvalue weighted by Gasteiger charge is 2.18. The van der Waals surface area contributed by atoms with Crippen LogP contribution in [0.15, 0.2) is 24.3 Å². The van der Waals surface area contributed by atoms with Crippen LogP contribution in [0.1, 0.15) is 56.6 Å². The Morgan fingerprint density at radius 3 is 2.44 bits per heavy atom. The van der Waals surface area contributed by atoms with Gasteiger partial charge in [-0.05, 0) is 43.7 Å². The van der Waals surface area contributed by atoms with E-state index in [2.05, 4.69) is 43.4 Å². The van der Waals surface area contributed by atoms with E-state index in [1.807, 2.05) is 0 Å². The molecule has 0 saturated heterocycles. The fourth-order valence-corrected chi connectivity index (χ4v) is 3.06. The lowest BCUT2D eigenvalue weighted by molar-refractivity contribution is 0.336. The van der Waals surface area contributed by atoms with Crippen LogP contribution in [0.25, 0.3) is 0 Å². The zero-order valence-electron chi connectivity index (χ0n) is 11.9. The van der Waals surface area contributed by atoms with Crippen LogP contribution < -0.4 is 5.32 Å². The summed E-state index contributed by atoms with van der Waals surface area (Å²) in [5, 5.41) is 3.74. The third-order valence-electron chi connectivity index (χ3n) is 4.48. The van der Waals surface area contributed by atoms with Crippen molar-refractivity contribution in [2.75, 3.05) is 0 Å². The lowest BCUT2D eigenvalue weighted by atomic mass is 9.93. The molecule has 0 amide bonds. The third-order valence-corrected chi connectivity index (χ3v) is 4.48. The summed E-state index contributed by atoms with van der Waals surface area (Å²) in [6, 6.07) is 9.35. The number of hydrogen-bond acceptors (Lipinski definition) is 1. The quantitative estimate of drug-likeness (QED) is 0.773. The van der Waals surface area contributed by atoms with Crippen LogP contribution in [-0.2, 0) is 6.54 Å². The first-order valence-corrected chi connectivity index (χ1v) is 7.55. The summed E-state index contributed by atoms with van der Waals surface area (Å²) < 4.78 is 0. The Kier molecular flexibility index (Phi) is 5.25. The van der Waals surface area contributed by atoms with Crippen LogP contribution in [0.3, 0.4) is 0 Å². The summed E-state index contributed by atoms with van der Waals surface area (Å²) in [6.07, 6.45) is 8.59. The lowest BCUT2D eigenvalue weighted by Crippen LogP contribution is -2.33. The molecule has 1 aromatic rings. The van der Waals surface area contributed by atoms with Gasteiger partial charge in [0.1, 0.15) is 0 Å². The molecule has 1 atom stereocenters. The van der Waals surface area contributed by atoms with E-state index in [0.717, 1.165) is 12.5 Å². The van der Waals surface area contributed by atoms with Crippen molar-refractivity contribution in [3.8, 4) is 0 Å². The Bertz CT molecular complexity index is 350. The molecule has 0 aliphatic heterocycles. The topological polar surface area (TPSA) is 12.0 Å². The van der Waals surface area contributed by atoms with Gasteiger partial charge >= 0.3 is 0 Å². The minimum absolute atomic E-state index is 0.655. The molecule has 0 unspecified atom stereocenters. The van der Waals surface area contributed by atoms with Crippen LogP contribution in [-0.4, -0.2) is 6.04 Å². The highest BCUT2D eigenvalue weighted by molar-refractivity contribution is 5.25. The Labute approximate surface area is 112 Å². The molecule has 1 aliphatic rings. The second kappa shape index (κ2) is 6.94. The number of aryl methyl sites for hydroxylation is 1. The van der Waals surface area contributed by atoms with Gasteiger partial charge in [-0.25, -0.2) is 0 Å². The van der Waals surface area contributed by atoms with E-state index in [9.17, 15) is 0 Å².